The zero-order valence-electron chi connectivity index (χ0n) is 5.89. The molecule has 0 aliphatic carbocycles. The largest absolute Gasteiger partial charge is 0.356 e. The lowest BCUT2D eigenvalue weighted by Gasteiger charge is -2.11. The van der Waals surface area contributed by atoms with Gasteiger partial charge >= 0.3 is 0 Å². The summed E-state index contributed by atoms with van der Waals surface area (Å²) in [5, 5.41) is 1.01. The van der Waals surface area contributed by atoms with Gasteiger partial charge in [0.15, 0.2) is 6.29 Å². The normalized spacial score (nSPS) is 10.7. The highest BCUT2D eigenvalue weighted by Gasteiger charge is 2.01. The van der Waals surface area contributed by atoms with Crippen molar-refractivity contribution in [2.45, 2.75) is 19.1 Å². The van der Waals surface area contributed by atoms with Crippen LogP contribution in [0.25, 0.3) is 0 Å². The molecule has 0 amide bonds. The third kappa shape index (κ3) is 4.88. The van der Waals surface area contributed by atoms with Crippen molar-refractivity contribution >= 4 is 15.9 Å². The summed E-state index contributed by atoms with van der Waals surface area (Å²) in [6.45, 7) is 0. The quantitative estimate of drug-likeness (QED) is 0.494. The van der Waals surface area contributed by atoms with E-state index in [9.17, 15) is 0 Å². The van der Waals surface area contributed by atoms with Gasteiger partial charge in [0, 0.05) is 19.5 Å². The van der Waals surface area contributed by atoms with Crippen LogP contribution in [0.2, 0.25) is 0 Å². The summed E-state index contributed by atoms with van der Waals surface area (Å²) in [6.07, 6.45) is 2.02. The van der Waals surface area contributed by atoms with Crippen LogP contribution in [0, 0.1) is 0 Å². The van der Waals surface area contributed by atoms with Gasteiger partial charge in [0.2, 0.25) is 0 Å². The lowest BCUT2D eigenvalue weighted by Crippen LogP contribution is -2.12. The standard InChI is InChI=1S/C6H13BrO2/c1-8-6(9-2)4-3-5-7/h6H,3-5H2,1-2H3. The molecule has 0 saturated heterocycles. The molecule has 0 aliphatic heterocycles. The Morgan fingerprint density at radius 1 is 1.33 bits per heavy atom. The molecule has 0 atom stereocenters. The number of ether oxygens (including phenoxy) is 2. The minimum atomic E-state index is -0.0254. The molecule has 2 nitrogen and oxygen atoms in total. The summed E-state index contributed by atoms with van der Waals surface area (Å²) in [5.74, 6) is 0. The number of halogens is 1. The van der Waals surface area contributed by atoms with Gasteiger partial charge in [0.1, 0.15) is 0 Å². The summed E-state index contributed by atoms with van der Waals surface area (Å²) < 4.78 is 9.92. The number of rotatable bonds is 5. The van der Waals surface area contributed by atoms with Gasteiger partial charge in [-0.3, -0.25) is 0 Å². The molecule has 0 aromatic heterocycles. The predicted octanol–water partition coefficient (Wildman–Crippen LogP) is 1.78. The summed E-state index contributed by atoms with van der Waals surface area (Å²) in [7, 11) is 3.31. The Labute approximate surface area is 64.7 Å². The molecule has 0 bridgehead atoms. The molecule has 0 unspecified atom stereocenters. The highest BCUT2D eigenvalue weighted by molar-refractivity contribution is 9.09. The zero-order chi connectivity index (χ0) is 7.11. The predicted molar refractivity (Wildman–Crippen MR) is 40.8 cm³/mol. The molecule has 0 aliphatic rings. The maximum Gasteiger partial charge on any atom is 0.156 e. The Bertz CT molecular complexity index is 55.0. The topological polar surface area (TPSA) is 18.5 Å². The Balaban J connectivity index is 3.09. The molecule has 56 valence electrons. The molecule has 0 aromatic carbocycles. The fourth-order valence-corrected chi connectivity index (χ4v) is 0.899. The molecule has 0 rings (SSSR count). The molecule has 3 heteroatoms. The lowest BCUT2D eigenvalue weighted by molar-refractivity contribution is -0.106. The van der Waals surface area contributed by atoms with Gasteiger partial charge in [-0.25, -0.2) is 0 Å². The van der Waals surface area contributed by atoms with Gasteiger partial charge in [-0.15, -0.1) is 0 Å². The van der Waals surface area contributed by atoms with Crippen molar-refractivity contribution in [3.05, 3.63) is 0 Å². The van der Waals surface area contributed by atoms with E-state index in [2.05, 4.69) is 15.9 Å². The third-order valence-corrected chi connectivity index (χ3v) is 1.66. The molecule has 0 radical (unpaired) electrons. The van der Waals surface area contributed by atoms with Crippen molar-refractivity contribution in [2.75, 3.05) is 19.5 Å². The number of hydrogen-bond donors (Lipinski definition) is 0. The van der Waals surface area contributed by atoms with E-state index in [1.807, 2.05) is 0 Å². The van der Waals surface area contributed by atoms with E-state index in [1.54, 1.807) is 14.2 Å². The van der Waals surface area contributed by atoms with Gasteiger partial charge in [-0.1, -0.05) is 15.9 Å². The van der Waals surface area contributed by atoms with Crippen molar-refractivity contribution in [3.8, 4) is 0 Å². The number of methoxy groups -OCH3 is 2. The van der Waals surface area contributed by atoms with Crippen LogP contribution in [-0.4, -0.2) is 25.8 Å². The molecular formula is C6H13BrO2. The maximum atomic E-state index is 4.96. The van der Waals surface area contributed by atoms with Crippen LogP contribution in [0.15, 0.2) is 0 Å². The summed E-state index contributed by atoms with van der Waals surface area (Å²) >= 11 is 3.33. The van der Waals surface area contributed by atoms with E-state index in [1.165, 1.54) is 0 Å². The molecule has 0 saturated carbocycles. The van der Waals surface area contributed by atoms with Crippen LogP contribution in [0.5, 0.6) is 0 Å². The van der Waals surface area contributed by atoms with Crippen LogP contribution in [0.4, 0.5) is 0 Å². The molecular weight excluding hydrogens is 184 g/mol. The first-order chi connectivity index (χ1) is 4.35. The van der Waals surface area contributed by atoms with Crippen LogP contribution in [0.3, 0.4) is 0 Å². The first-order valence-corrected chi connectivity index (χ1v) is 4.08. The van der Waals surface area contributed by atoms with Crippen LogP contribution in [0.1, 0.15) is 12.8 Å². The van der Waals surface area contributed by atoms with Crippen LogP contribution >= 0.6 is 15.9 Å². The maximum absolute atomic E-state index is 4.96. The number of alkyl halides is 1. The molecule has 0 heterocycles. The van der Waals surface area contributed by atoms with E-state index in [-0.39, 0.29) is 6.29 Å². The SMILES string of the molecule is COC(CCCBr)OC. The van der Waals surface area contributed by atoms with Gasteiger partial charge in [0.25, 0.3) is 0 Å². The Morgan fingerprint density at radius 2 is 1.89 bits per heavy atom. The van der Waals surface area contributed by atoms with E-state index in [0.717, 1.165) is 18.2 Å². The molecule has 0 fully saturated rings. The average molecular weight is 197 g/mol. The smallest absolute Gasteiger partial charge is 0.156 e. The van der Waals surface area contributed by atoms with Crippen LogP contribution in [-0.2, 0) is 9.47 Å². The molecule has 9 heavy (non-hydrogen) atoms. The third-order valence-electron chi connectivity index (χ3n) is 1.10. The minimum Gasteiger partial charge on any atom is -0.356 e. The van der Waals surface area contributed by atoms with E-state index < -0.39 is 0 Å². The minimum absolute atomic E-state index is 0.0254. The highest BCUT2D eigenvalue weighted by Crippen LogP contribution is 2.02. The van der Waals surface area contributed by atoms with Gasteiger partial charge in [-0.2, -0.15) is 0 Å². The second-order valence-electron chi connectivity index (χ2n) is 1.73. The van der Waals surface area contributed by atoms with E-state index in [4.69, 9.17) is 9.47 Å². The van der Waals surface area contributed by atoms with Gasteiger partial charge in [-0.05, 0) is 12.8 Å². The fourth-order valence-electron chi connectivity index (χ4n) is 0.576. The summed E-state index contributed by atoms with van der Waals surface area (Å²) in [6, 6.07) is 0. The van der Waals surface area contributed by atoms with Gasteiger partial charge < -0.3 is 9.47 Å². The molecule has 0 spiro atoms. The van der Waals surface area contributed by atoms with Crippen molar-refractivity contribution in [1.29, 1.82) is 0 Å². The second kappa shape index (κ2) is 6.52. The lowest BCUT2D eigenvalue weighted by atomic mass is 10.3. The van der Waals surface area contributed by atoms with E-state index in [0.29, 0.717) is 0 Å². The Kier molecular flexibility index (Phi) is 6.81. The monoisotopic (exact) mass is 196 g/mol. The second-order valence-corrected chi connectivity index (χ2v) is 2.53. The zero-order valence-corrected chi connectivity index (χ0v) is 7.48. The van der Waals surface area contributed by atoms with Crippen molar-refractivity contribution < 1.29 is 9.47 Å². The first-order valence-electron chi connectivity index (χ1n) is 2.96. The average Bonchev–Trinajstić information content (AvgIpc) is 1.91. The Hall–Kier alpha value is 0.400. The molecule has 0 aromatic rings. The van der Waals surface area contributed by atoms with Crippen molar-refractivity contribution in [1.82, 2.24) is 0 Å². The van der Waals surface area contributed by atoms with Crippen molar-refractivity contribution in [2.24, 2.45) is 0 Å². The van der Waals surface area contributed by atoms with E-state index >= 15 is 0 Å². The Morgan fingerprint density at radius 3 is 2.22 bits per heavy atom. The number of hydrogen-bond acceptors (Lipinski definition) is 2. The van der Waals surface area contributed by atoms with Crippen LogP contribution < -0.4 is 0 Å². The highest BCUT2D eigenvalue weighted by atomic mass is 79.9. The first kappa shape index (κ1) is 9.40. The molecule has 0 N–H and O–H groups in total. The fraction of sp³-hybridized carbons (Fsp3) is 1.00. The van der Waals surface area contributed by atoms with Crippen molar-refractivity contribution in [3.63, 3.8) is 0 Å². The summed E-state index contributed by atoms with van der Waals surface area (Å²) in [4.78, 5) is 0. The van der Waals surface area contributed by atoms with Gasteiger partial charge in [0.05, 0.1) is 0 Å². The summed E-state index contributed by atoms with van der Waals surface area (Å²) in [5.41, 5.74) is 0.